The number of carboxylic acid groups (broad SMARTS) is 2. The number of aliphatic hydroxyl groups excluding tert-OH is 1. The molecule has 1 rings (SSSR count). The van der Waals surface area contributed by atoms with Crippen molar-refractivity contribution in [3.05, 3.63) is 35.4 Å². The minimum absolute atomic E-state index is 0.0833. The van der Waals surface area contributed by atoms with Crippen LogP contribution in [0.5, 0.6) is 0 Å². The Morgan fingerprint density at radius 3 is 1.33 bits per heavy atom. The van der Waals surface area contributed by atoms with Crippen LogP contribution in [0.1, 0.15) is 34.6 Å². The molecule has 100 valence electrons. The Kier molecular flexibility index (Phi) is 6.01. The molecule has 0 spiro atoms. The zero-order chi connectivity index (χ0) is 14.3. The number of aromatic carboxylic acids is 2. The van der Waals surface area contributed by atoms with Gasteiger partial charge in [-0.05, 0) is 38.1 Å². The normalized spacial score (nSPS) is 10.2. The minimum Gasteiger partial charge on any atom is -0.478 e. The van der Waals surface area contributed by atoms with Gasteiger partial charge in [0.25, 0.3) is 0 Å². The molecule has 0 radical (unpaired) electrons. The van der Waals surface area contributed by atoms with E-state index in [4.69, 9.17) is 20.4 Å². The molecule has 6 heteroatoms. The molecule has 6 nitrogen and oxygen atoms in total. The number of benzene rings is 1. The lowest BCUT2D eigenvalue weighted by Crippen LogP contribution is -2.23. The van der Waals surface area contributed by atoms with Crippen LogP contribution in [0.4, 0.5) is 0 Å². The largest absolute Gasteiger partial charge is 0.478 e. The SMILES string of the molecule is CC(C)(O)CO.O=C(O)c1ccc(C(=O)O)cc1. The highest BCUT2D eigenvalue weighted by molar-refractivity contribution is 5.91. The third-order valence-corrected chi connectivity index (χ3v) is 1.77. The zero-order valence-electron chi connectivity index (χ0n) is 10.1. The summed E-state index contributed by atoms with van der Waals surface area (Å²) < 4.78 is 0. The maximum Gasteiger partial charge on any atom is 0.335 e. The van der Waals surface area contributed by atoms with E-state index >= 15 is 0 Å². The van der Waals surface area contributed by atoms with Crippen molar-refractivity contribution in [1.82, 2.24) is 0 Å². The average molecular weight is 256 g/mol. The summed E-state index contributed by atoms with van der Waals surface area (Å²) in [7, 11) is 0. The fraction of sp³-hybridized carbons (Fsp3) is 0.333. The smallest absolute Gasteiger partial charge is 0.335 e. The molecule has 0 saturated heterocycles. The van der Waals surface area contributed by atoms with E-state index in [0.29, 0.717) is 0 Å². The summed E-state index contributed by atoms with van der Waals surface area (Å²) in [5.41, 5.74) is -0.736. The second kappa shape index (κ2) is 6.73. The molecular weight excluding hydrogens is 240 g/mol. The van der Waals surface area contributed by atoms with Crippen molar-refractivity contribution in [2.45, 2.75) is 19.4 Å². The molecule has 0 bridgehead atoms. The molecule has 0 heterocycles. The molecule has 18 heavy (non-hydrogen) atoms. The van der Waals surface area contributed by atoms with Gasteiger partial charge in [-0.25, -0.2) is 9.59 Å². The van der Waals surface area contributed by atoms with Crippen LogP contribution in [0.2, 0.25) is 0 Å². The van der Waals surface area contributed by atoms with Gasteiger partial charge in [0.15, 0.2) is 0 Å². The highest BCUT2D eigenvalue weighted by Gasteiger charge is 2.07. The van der Waals surface area contributed by atoms with E-state index in [2.05, 4.69) is 0 Å². The third-order valence-electron chi connectivity index (χ3n) is 1.77. The van der Waals surface area contributed by atoms with Crippen LogP contribution in [0.3, 0.4) is 0 Å². The number of rotatable bonds is 3. The first-order chi connectivity index (χ1) is 8.17. The van der Waals surface area contributed by atoms with Gasteiger partial charge in [-0.1, -0.05) is 0 Å². The Morgan fingerprint density at radius 2 is 1.22 bits per heavy atom. The highest BCUT2D eigenvalue weighted by Crippen LogP contribution is 2.03. The lowest BCUT2D eigenvalue weighted by Gasteiger charge is -2.10. The lowest BCUT2D eigenvalue weighted by atomic mass is 10.1. The monoisotopic (exact) mass is 256 g/mol. The standard InChI is InChI=1S/C8H6O4.C4H10O2/c9-7(10)5-1-2-6(4-3-5)8(11)12;1-4(2,6)3-5/h1-4H,(H,9,10)(H,11,12);5-6H,3H2,1-2H3. The Hall–Kier alpha value is -1.92. The van der Waals surface area contributed by atoms with Crippen molar-refractivity contribution in [2.75, 3.05) is 6.61 Å². The summed E-state index contributed by atoms with van der Waals surface area (Å²) in [5, 5.41) is 33.7. The van der Waals surface area contributed by atoms with Crippen molar-refractivity contribution >= 4 is 11.9 Å². The average Bonchev–Trinajstić information content (AvgIpc) is 2.29. The molecule has 0 saturated carbocycles. The molecule has 0 aliphatic heterocycles. The summed E-state index contributed by atoms with van der Waals surface area (Å²) in [6.07, 6.45) is 0. The van der Waals surface area contributed by atoms with E-state index in [9.17, 15) is 9.59 Å². The van der Waals surface area contributed by atoms with Gasteiger partial charge in [0.05, 0.1) is 23.3 Å². The van der Waals surface area contributed by atoms with E-state index in [1.54, 1.807) is 13.8 Å². The van der Waals surface area contributed by atoms with Crippen LogP contribution in [-0.4, -0.2) is 44.6 Å². The van der Waals surface area contributed by atoms with Crippen molar-refractivity contribution in [3.8, 4) is 0 Å². The van der Waals surface area contributed by atoms with Crippen LogP contribution in [0.15, 0.2) is 24.3 Å². The van der Waals surface area contributed by atoms with Gasteiger partial charge in [-0.3, -0.25) is 0 Å². The molecule has 0 amide bonds. The Bertz CT molecular complexity index is 369. The number of hydrogen-bond acceptors (Lipinski definition) is 4. The Balaban J connectivity index is 0.000000411. The molecule has 0 aliphatic rings. The second-order valence-corrected chi connectivity index (χ2v) is 4.16. The summed E-state index contributed by atoms with van der Waals surface area (Å²) in [5.74, 6) is -2.13. The quantitative estimate of drug-likeness (QED) is 0.636. The van der Waals surface area contributed by atoms with Gasteiger partial charge < -0.3 is 20.4 Å². The van der Waals surface area contributed by atoms with Crippen molar-refractivity contribution < 1.29 is 30.0 Å². The number of carboxylic acids is 2. The molecule has 1 aromatic carbocycles. The zero-order valence-corrected chi connectivity index (χ0v) is 10.1. The van der Waals surface area contributed by atoms with Crippen molar-refractivity contribution in [2.24, 2.45) is 0 Å². The maximum absolute atomic E-state index is 10.3. The first-order valence-corrected chi connectivity index (χ1v) is 5.07. The molecule has 1 aromatic rings. The third kappa shape index (κ3) is 6.62. The summed E-state index contributed by atoms with van der Waals surface area (Å²) in [6.45, 7) is 2.92. The van der Waals surface area contributed by atoms with Crippen LogP contribution >= 0.6 is 0 Å². The minimum atomic E-state index is -1.06. The summed E-state index contributed by atoms with van der Waals surface area (Å²) in [4.78, 5) is 20.7. The molecule has 0 unspecified atom stereocenters. The second-order valence-electron chi connectivity index (χ2n) is 4.16. The van der Waals surface area contributed by atoms with E-state index in [1.807, 2.05) is 0 Å². The molecule has 0 fully saturated rings. The van der Waals surface area contributed by atoms with Gasteiger partial charge in [0.1, 0.15) is 0 Å². The van der Waals surface area contributed by atoms with E-state index in [1.165, 1.54) is 24.3 Å². The van der Waals surface area contributed by atoms with Crippen molar-refractivity contribution in [3.63, 3.8) is 0 Å². The molecule has 4 N–H and O–H groups in total. The number of carbonyl (C=O) groups is 2. The predicted octanol–water partition coefficient (Wildman–Crippen LogP) is 0.833. The summed E-state index contributed by atoms with van der Waals surface area (Å²) in [6, 6.07) is 5.02. The van der Waals surface area contributed by atoms with Gasteiger partial charge in [0, 0.05) is 0 Å². The highest BCUT2D eigenvalue weighted by atomic mass is 16.4. The maximum atomic E-state index is 10.3. The first kappa shape index (κ1) is 16.1. The predicted molar refractivity (Wildman–Crippen MR) is 63.7 cm³/mol. The Morgan fingerprint density at radius 1 is 1.00 bits per heavy atom. The Labute approximate surface area is 104 Å². The molecule has 0 aliphatic carbocycles. The summed E-state index contributed by atoms with van der Waals surface area (Å²) >= 11 is 0. The fourth-order valence-electron chi connectivity index (χ4n) is 0.755. The molecule has 0 atom stereocenters. The topological polar surface area (TPSA) is 115 Å². The molecular formula is C12H16O6. The fourth-order valence-corrected chi connectivity index (χ4v) is 0.755. The van der Waals surface area contributed by atoms with Gasteiger partial charge in [-0.2, -0.15) is 0 Å². The van der Waals surface area contributed by atoms with E-state index in [0.717, 1.165) is 0 Å². The number of hydrogen-bond donors (Lipinski definition) is 4. The van der Waals surface area contributed by atoms with Gasteiger partial charge >= 0.3 is 11.9 Å². The van der Waals surface area contributed by atoms with E-state index < -0.39 is 17.5 Å². The van der Waals surface area contributed by atoms with Gasteiger partial charge in [0.2, 0.25) is 0 Å². The number of aliphatic hydroxyl groups is 2. The van der Waals surface area contributed by atoms with E-state index in [-0.39, 0.29) is 17.7 Å². The molecule has 0 aromatic heterocycles. The van der Waals surface area contributed by atoms with Crippen LogP contribution in [0, 0.1) is 0 Å². The van der Waals surface area contributed by atoms with Crippen LogP contribution < -0.4 is 0 Å². The van der Waals surface area contributed by atoms with Crippen molar-refractivity contribution in [1.29, 1.82) is 0 Å². The lowest BCUT2D eigenvalue weighted by molar-refractivity contribution is 0.0183. The van der Waals surface area contributed by atoms with Crippen LogP contribution in [0.25, 0.3) is 0 Å². The van der Waals surface area contributed by atoms with Gasteiger partial charge in [-0.15, -0.1) is 0 Å². The first-order valence-electron chi connectivity index (χ1n) is 5.07. The van der Waals surface area contributed by atoms with Crippen LogP contribution in [-0.2, 0) is 0 Å².